The van der Waals surface area contributed by atoms with Gasteiger partial charge in [-0.05, 0) is 13.0 Å². The Bertz CT molecular complexity index is 127. The van der Waals surface area contributed by atoms with Crippen molar-refractivity contribution in [1.29, 1.82) is 5.26 Å². The zero-order valence-electron chi connectivity index (χ0n) is 5.30. The van der Waals surface area contributed by atoms with Gasteiger partial charge in [0.05, 0.1) is 12.0 Å². The van der Waals surface area contributed by atoms with E-state index in [1.807, 2.05) is 0 Å². The normalized spacial score (nSPS) is 35.6. The fourth-order valence-corrected chi connectivity index (χ4v) is 1.02. The molecular formula is C6H11N3. The lowest BCUT2D eigenvalue weighted by molar-refractivity contribution is 0.387. The second-order valence-corrected chi connectivity index (χ2v) is 2.39. The maximum atomic E-state index is 8.49. The molecule has 3 nitrogen and oxygen atoms in total. The van der Waals surface area contributed by atoms with Crippen LogP contribution in [0.1, 0.15) is 6.42 Å². The van der Waals surface area contributed by atoms with Crippen LogP contribution in [0.2, 0.25) is 0 Å². The Morgan fingerprint density at radius 2 is 2.44 bits per heavy atom. The summed E-state index contributed by atoms with van der Waals surface area (Å²) in [5.74, 6) is 0.0266. The van der Waals surface area contributed by atoms with Crippen molar-refractivity contribution in [3.05, 3.63) is 0 Å². The summed E-state index contributed by atoms with van der Waals surface area (Å²) in [6.07, 6.45) is 0.929. The molecule has 0 saturated carbocycles. The van der Waals surface area contributed by atoms with Crippen molar-refractivity contribution in [3.63, 3.8) is 0 Å². The minimum absolute atomic E-state index is 0.0266. The van der Waals surface area contributed by atoms with Crippen molar-refractivity contribution >= 4 is 0 Å². The molecule has 9 heavy (non-hydrogen) atoms. The molecule has 0 aromatic carbocycles. The zero-order chi connectivity index (χ0) is 6.69. The summed E-state index contributed by atoms with van der Waals surface area (Å²) >= 11 is 0. The second kappa shape index (κ2) is 2.81. The highest BCUT2D eigenvalue weighted by molar-refractivity contribution is 4.94. The van der Waals surface area contributed by atoms with Crippen LogP contribution >= 0.6 is 0 Å². The van der Waals surface area contributed by atoms with Crippen molar-refractivity contribution in [3.8, 4) is 6.07 Å². The number of nitrogens with zero attached hydrogens (tertiary/aromatic N) is 1. The molecule has 50 valence electrons. The average Bonchev–Trinajstić information content (AvgIpc) is 1.89. The fourth-order valence-electron chi connectivity index (χ4n) is 1.02. The molecule has 0 aliphatic carbocycles. The minimum atomic E-state index is 0.0266. The Morgan fingerprint density at radius 3 is 2.89 bits per heavy atom. The molecule has 3 heteroatoms. The van der Waals surface area contributed by atoms with Crippen LogP contribution in [0.5, 0.6) is 0 Å². The summed E-state index contributed by atoms with van der Waals surface area (Å²) in [4.78, 5) is 0. The van der Waals surface area contributed by atoms with E-state index in [-0.39, 0.29) is 12.0 Å². The van der Waals surface area contributed by atoms with E-state index < -0.39 is 0 Å². The Kier molecular flexibility index (Phi) is 2.04. The first-order chi connectivity index (χ1) is 4.34. The van der Waals surface area contributed by atoms with Crippen molar-refractivity contribution in [2.45, 2.75) is 12.5 Å². The number of nitriles is 1. The predicted octanol–water partition coefficient (Wildman–Crippen LogP) is -0.553. The Hall–Kier alpha value is -0.590. The third-order valence-electron chi connectivity index (χ3n) is 1.70. The first kappa shape index (κ1) is 6.53. The predicted molar refractivity (Wildman–Crippen MR) is 34.6 cm³/mol. The van der Waals surface area contributed by atoms with E-state index in [0.29, 0.717) is 0 Å². The van der Waals surface area contributed by atoms with Gasteiger partial charge >= 0.3 is 0 Å². The summed E-state index contributed by atoms with van der Waals surface area (Å²) in [5.41, 5.74) is 5.63. The number of nitrogens with two attached hydrogens (primary N) is 1. The van der Waals surface area contributed by atoms with E-state index in [0.717, 1.165) is 19.5 Å². The summed E-state index contributed by atoms with van der Waals surface area (Å²) in [7, 11) is 0. The van der Waals surface area contributed by atoms with Crippen LogP contribution in [-0.4, -0.2) is 19.1 Å². The van der Waals surface area contributed by atoms with Gasteiger partial charge in [-0.2, -0.15) is 5.26 Å². The van der Waals surface area contributed by atoms with E-state index >= 15 is 0 Å². The van der Waals surface area contributed by atoms with Gasteiger partial charge in [0.1, 0.15) is 0 Å². The molecule has 0 aromatic rings. The van der Waals surface area contributed by atoms with Crippen molar-refractivity contribution in [1.82, 2.24) is 5.32 Å². The fraction of sp³-hybridized carbons (Fsp3) is 0.833. The largest absolute Gasteiger partial charge is 0.326 e. The number of nitrogens with one attached hydrogen (secondary N) is 1. The van der Waals surface area contributed by atoms with E-state index in [4.69, 9.17) is 11.0 Å². The number of piperidine rings is 1. The van der Waals surface area contributed by atoms with E-state index in [9.17, 15) is 0 Å². The second-order valence-electron chi connectivity index (χ2n) is 2.39. The molecule has 0 radical (unpaired) electrons. The van der Waals surface area contributed by atoms with Crippen molar-refractivity contribution in [2.24, 2.45) is 11.7 Å². The molecule has 2 unspecified atom stereocenters. The van der Waals surface area contributed by atoms with Gasteiger partial charge in [-0.3, -0.25) is 0 Å². The number of hydrogen-bond acceptors (Lipinski definition) is 3. The van der Waals surface area contributed by atoms with Crippen LogP contribution in [0.3, 0.4) is 0 Å². The lowest BCUT2D eigenvalue weighted by Gasteiger charge is -2.23. The van der Waals surface area contributed by atoms with Gasteiger partial charge in [0.2, 0.25) is 0 Å². The SMILES string of the molecule is N#CC1CNCCC1N. The standard InChI is InChI=1S/C6H11N3/c7-3-5-4-9-2-1-6(5)8/h5-6,9H,1-2,4,8H2. The number of rotatable bonds is 0. The molecule has 0 bridgehead atoms. The van der Waals surface area contributed by atoms with E-state index in [1.54, 1.807) is 0 Å². The van der Waals surface area contributed by atoms with Crippen molar-refractivity contribution in [2.75, 3.05) is 13.1 Å². The van der Waals surface area contributed by atoms with Gasteiger partial charge in [0.25, 0.3) is 0 Å². The van der Waals surface area contributed by atoms with Gasteiger partial charge in [0.15, 0.2) is 0 Å². The van der Waals surface area contributed by atoms with Gasteiger partial charge in [-0.1, -0.05) is 0 Å². The minimum Gasteiger partial charge on any atom is -0.326 e. The highest BCUT2D eigenvalue weighted by atomic mass is 14.9. The molecular weight excluding hydrogens is 114 g/mol. The Morgan fingerprint density at radius 1 is 1.67 bits per heavy atom. The van der Waals surface area contributed by atoms with Gasteiger partial charge in [0, 0.05) is 12.6 Å². The van der Waals surface area contributed by atoms with Crippen LogP contribution in [0.15, 0.2) is 0 Å². The molecule has 1 aliphatic rings. The highest BCUT2D eigenvalue weighted by Gasteiger charge is 2.19. The van der Waals surface area contributed by atoms with Crippen molar-refractivity contribution < 1.29 is 0 Å². The monoisotopic (exact) mass is 125 g/mol. The molecule has 1 heterocycles. The van der Waals surface area contributed by atoms with E-state index in [1.165, 1.54) is 0 Å². The third-order valence-corrected chi connectivity index (χ3v) is 1.70. The van der Waals surface area contributed by atoms with Crippen LogP contribution in [0.25, 0.3) is 0 Å². The van der Waals surface area contributed by atoms with Crippen LogP contribution < -0.4 is 11.1 Å². The Labute approximate surface area is 54.8 Å². The molecule has 1 rings (SSSR count). The molecule has 2 atom stereocenters. The van der Waals surface area contributed by atoms with Crippen LogP contribution in [0.4, 0.5) is 0 Å². The maximum Gasteiger partial charge on any atom is 0.0739 e. The summed E-state index contributed by atoms with van der Waals surface area (Å²) in [5, 5.41) is 11.6. The molecule has 1 fully saturated rings. The molecule has 1 saturated heterocycles. The lowest BCUT2D eigenvalue weighted by atomic mass is 9.96. The van der Waals surface area contributed by atoms with E-state index in [2.05, 4.69) is 11.4 Å². The smallest absolute Gasteiger partial charge is 0.0739 e. The van der Waals surface area contributed by atoms with Gasteiger partial charge in [-0.15, -0.1) is 0 Å². The molecule has 1 aliphatic heterocycles. The first-order valence-corrected chi connectivity index (χ1v) is 3.20. The van der Waals surface area contributed by atoms with Crippen LogP contribution in [0, 0.1) is 17.2 Å². The summed E-state index contributed by atoms with van der Waals surface area (Å²) in [6, 6.07) is 2.26. The highest BCUT2D eigenvalue weighted by Crippen LogP contribution is 2.06. The average molecular weight is 125 g/mol. The topological polar surface area (TPSA) is 61.8 Å². The third kappa shape index (κ3) is 1.41. The lowest BCUT2D eigenvalue weighted by Crippen LogP contribution is -2.43. The maximum absolute atomic E-state index is 8.49. The Balaban J connectivity index is 2.41. The molecule has 0 amide bonds. The summed E-state index contributed by atoms with van der Waals surface area (Å²) < 4.78 is 0. The summed E-state index contributed by atoms with van der Waals surface area (Å²) in [6.45, 7) is 1.72. The van der Waals surface area contributed by atoms with Gasteiger partial charge < -0.3 is 11.1 Å². The van der Waals surface area contributed by atoms with Gasteiger partial charge in [-0.25, -0.2) is 0 Å². The quantitative estimate of drug-likeness (QED) is 0.456. The first-order valence-electron chi connectivity index (χ1n) is 3.20. The zero-order valence-corrected chi connectivity index (χ0v) is 5.30. The molecule has 3 N–H and O–H groups in total. The molecule has 0 spiro atoms. The molecule has 0 aromatic heterocycles. The number of hydrogen-bond donors (Lipinski definition) is 2. The van der Waals surface area contributed by atoms with Crippen LogP contribution in [-0.2, 0) is 0 Å².